The average molecular weight is 571 g/mol. The van der Waals surface area contributed by atoms with Crippen LogP contribution in [0.25, 0.3) is 12.2 Å². The molecule has 34 heavy (non-hydrogen) atoms. The van der Waals surface area contributed by atoms with Crippen LogP contribution in [0.2, 0.25) is 0 Å². The summed E-state index contributed by atoms with van der Waals surface area (Å²) in [6.07, 6.45) is 13.9. The Morgan fingerprint density at radius 3 is 1.97 bits per heavy atom. The zero-order valence-corrected chi connectivity index (χ0v) is 24.7. The summed E-state index contributed by atoms with van der Waals surface area (Å²) in [6.45, 7) is 7.65. The molecule has 0 nitrogen and oxygen atoms in total. The number of benzene rings is 2. The van der Waals surface area contributed by atoms with E-state index in [9.17, 15) is 0 Å². The van der Waals surface area contributed by atoms with Crippen molar-refractivity contribution in [2.45, 2.75) is 51.9 Å². The second-order valence-electron chi connectivity index (χ2n) is 10.9. The maximum atomic E-state index is 4.93. The average Bonchev–Trinajstić information content (AvgIpc) is 3.41. The number of allylic oxidation sites excluding steroid dienone is 2. The second-order valence-corrected chi connectivity index (χ2v) is 14.7. The van der Waals surface area contributed by atoms with E-state index in [1.165, 1.54) is 30.4 Å². The molecule has 0 radical (unpaired) electrons. The van der Waals surface area contributed by atoms with Gasteiger partial charge in [0.25, 0.3) is 0 Å². The third-order valence-corrected chi connectivity index (χ3v) is 9.18. The summed E-state index contributed by atoms with van der Waals surface area (Å²) < 4.78 is 0. The van der Waals surface area contributed by atoms with E-state index in [-0.39, 0.29) is 7.43 Å². The molecule has 3 heteroatoms. The monoisotopic (exact) mass is 568 g/mol. The third-order valence-electron chi connectivity index (χ3n) is 9.18. The number of rotatable bonds is 2. The van der Waals surface area contributed by atoms with Crippen LogP contribution in [-0.2, 0) is 20.8 Å². The summed E-state index contributed by atoms with van der Waals surface area (Å²) in [5, 5.41) is 0. The van der Waals surface area contributed by atoms with Crippen molar-refractivity contribution in [1.29, 1.82) is 0 Å². The molecule has 0 spiro atoms. The van der Waals surface area contributed by atoms with Crippen LogP contribution in [-0.4, -0.2) is 0 Å². The molecule has 178 valence electrons. The number of hydrogen-bond acceptors (Lipinski definition) is 0. The number of halogens is 2. The molecular weight excluding hydrogens is 534 g/mol. The molecule has 2 aromatic carbocycles. The van der Waals surface area contributed by atoms with Gasteiger partial charge in [-0.25, -0.2) is 0 Å². The van der Waals surface area contributed by atoms with E-state index in [1.807, 2.05) is 0 Å². The SMILES string of the molecule is C[C-]1CC2c3ccccc3C=CC2C1C(C)(C)C1CCC2c3ccccc3C=CC21.[CH3-].[Cl][Zr+2][Cl]. The molecule has 6 unspecified atom stereocenters. The van der Waals surface area contributed by atoms with Crippen molar-refractivity contribution in [3.8, 4) is 0 Å². The second kappa shape index (κ2) is 10.8. The van der Waals surface area contributed by atoms with Gasteiger partial charge in [0, 0.05) is 0 Å². The Morgan fingerprint density at radius 1 is 0.824 bits per heavy atom. The van der Waals surface area contributed by atoms with Gasteiger partial charge in [-0.15, -0.1) is 0 Å². The van der Waals surface area contributed by atoms with E-state index in [4.69, 9.17) is 17.0 Å². The Hall–Kier alpha value is -0.617. The molecule has 0 saturated heterocycles. The van der Waals surface area contributed by atoms with Crippen molar-refractivity contribution in [1.82, 2.24) is 0 Å². The normalized spacial score (nSPS) is 30.6. The van der Waals surface area contributed by atoms with Crippen molar-refractivity contribution < 1.29 is 20.8 Å². The molecule has 0 amide bonds. The topological polar surface area (TPSA) is 0 Å². The van der Waals surface area contributed by atoms with Crippen LogP contribution in [0.4, 0.5) is 0 Å². The summed E-state index contributed by atoms with van der Waals surface area (Å²) in [4.78, 5) is 0. The van der Waals surface area contributed by atoms with E-state index in [2.05, 4.69) is 93.6 Å². The predicted octanol–water partition coefficient (Wildman–Crippen LogP) is 9.72. The zero-order valence-electron chi connectivity index (χ0n) is 20.8. The number of hydrogen-bond donors (Lipinski definition) is 0. The van der Waals surface area contributed by atoms with E-state index >= 15 is 0 Å². The van der Waals surface area contributed by atoms with Gasteiger partial charge in [0.1, 0.15) is 0 Å². The third kappa shape index (κ3) is 4.48. The summed E-state index contributed by atoms with van der Waals surface area (Å²) in [5.74, 6) is 5.93. The molecular formula is C31H36Cl2Zr. The molecule has 2 aromatic rings. The molecule has 0 heterocycles. The van der Waals surface area contributed by atoms with E-state index in [1.54, 1.807) is 17.0 Å². The van der Waals surface area contributed by atoms with Gasteiger partial charge in [0.2, 0.25) is 0 Å². The predicted molar refractivity (Wildman–Crippen MR) is 145 cm³/mol. The zero-order chi connectivity index (χ0) is 23.2. The summed E-state index contributed by atoms with van der Waals surface area (Å²) in [5.41, 5.74) is 6.39. The molecule has 0 N–H and O–H groups in total. The molecule has 4 aliphatic carbocycles. The van der Waals surface area contributed by atoms with Gasteiger partial charge in [-0.1, -0.05) is 92.1 Å². The maximum absolute atomic E-state index is 4.93. The van der Waals surface area contributed by atoms with Gasteiger partial charge in [-0.2, -0.15) is 19.3 Å². The quantitative estimate of drug-likeness (QED) is 0.315. The van der Waals surface area contributed by atoms with Crippen molar-refractivity contribution in [3.63, 3.8) is 0 Å². The Bertz CT molecular complexity index is 1050. The Labute approximate surface area is 225 Å². The van der Waals surface area contributed by atoms with E-state index in [0.717, 1.165) is 11.8 Å². The van der Waals surface area contributed by atoms with Crippen molar-refractivity contribution >= 4 is 29.2 Å². The molecule has 2 fully saturated rings. The van der Waals surface area contributed by atoms with Gasteiger partial charge in [0.15, 0.2) is 0 Å². The number of fused-ring (bicyclic) bond motifs is 6. The van der Waals surface area contributed by atoms with Gasteiger partial charge in [-0.3, -0.25) is 0 Å². The minimum absolute atomic E-state index is 0. The Balaban J connectivity index is 0.000000652. The van der Waals surface area contributed by atoms with Crippen molar-refractivity contribution in [3.05, 3.63) is 96.3 Å². The van der Waals surface area contributed by atoms with E-state index < -0.39 is 20.8 Å². The van der Waals surface area contributed by atoms with Crippen LogP contribution in [0.5, 0.6) is 0 Å². The fraction of sp³-hybridized carbons (Fsp3) is 0.419. The first-order valence-electron chi connectivity index (χ1n) is 12.3. The van der Waals surface area contributed by atoms with E-state index in [0.29, 0.717) is 29.1 Å². The minimum atomic E-state index is -0.826. The first kappa shape index (κ1) is 26.4. The molecule has 0 aliphatic heterocycles. The summed E-state index contributed by atoms with van der Waals surface area (Å²) >= 11 is -0.826. The van der Waals surface area contributed by atoms with Crippen LogP contribution in [0.3, 0.4) is 0 Å². The molecule has 6 rings (SSSR count). The first-order valence-corrected chi connectivity index (χ1v) is 18.6. The van der Waals surface area contributed by atoms with Crippen LogP contribution in [0, 0.1) is 42.4 Å². The van der Waals surface area contributed by atoms with Crippen LogP contribution < -0.4 is 0 Å². The van der Waals surface area contributed by atoms with Crippen molar-refractivity contribution in [2.24, 2.45) is 29.1 Å². The van der Waals surface area contributed by atoms with Crippen LogP contribution >= 0.6 is 17.0 Å². The molecule has 2 saturated carbocycles. The van der Waals surface area contributed by atoms with Crippen LogP contribution in [0.15, 0.2) is 60.7 Å². The van der Waals surface area contributed by atoms with Gasteiger partial charge in [-0.05, 0) is 64.7 Å². The summed E-state index contributed by atoms with van der Waals surface area (Å²) in [7, 11) is 9.87. The molecule has 6 atom stereocenters. The fourth-order valence-corrected chi connectivity index (χ4v) is 8.05. The molecule has 0 aromatic heterocycles. The Morgan fingerprint density at radius 2 is 1.35 bits per heavy atom. The fourth-order valence-electron chi connectivity index (χ4n) is 8.05. The summed E-state index contributed by atoms with van der Waals surface area (Å²) in [6, 6.07) is 18.2. The van der Waals surface area contributed by atoms with Gasteiger partial charge < -0.3 is 13.3 Å². The molecule has 0 bridgehead atoms. The molecule has 4 aliphatic rings. The van der Waals surface area contributed by atoms with Crippen LogP contribution in [0.1, 0.15) is 74.1 Å². The standard InChI is InChI=1S/C30H33.CH3.2ClH.Zr/c1-19-18-27-23-11-7-5-9-21(23)13-15-26(27)29(19)30(2,3)28-17-16-24-22-10-6-4-8-20(22)12-14-25(24)28;;;;/h4-15,24-29H,16-18H2,1-3H3;1H3;2*1H;/q2*-1;;;+4/p-2. The van der Waals surface area contributed by atoms with Crippen molar-refractivity contribution in [2.75, 3.05) is 0 Å². The Kier molecular flexibility index (Phi) is 8.39. The van der Waals surface area contributed by atoms with Gasteiger partial charge in [0.05, 0.1) is 0 Å². The first-order chi connectivity index (χ1) is 16.0. The van der Waals surface area contributed by atoms with Gasteiger partial charge >= 0.3 is 37.9 Å².